The molecular formula is C28H23NO5S. The summed E-state index contributed by atoms with van der Waals surface area (Å²) in [6, 6.07) is 26.0. The molecule has 1 aliphatic rings. The van der Waals surface area contributed by atoms with Crippen LogP contribution >= 0.6 is 11.3 Å². The molecule has 0 bridgehead atoms. The molecule has 7 heteroatoms. The van der Waals surface area contributed by atoms with E-state index in [1.807, 2.05) is 72.1 Å². The van der Waals surface area contributed by atoms with E-state index < -0.39 is 18.1 Å². The maximum Gasteiger partial charge on any atom is 0.407 e. The fourth-order valence-electron chi connectivity index (χ4n) is 4.35. The number of fused-ring (bicyclic) bond motifs is 3. The van der Waals surface area contributed by atoms with E-state index in [9.17, 15) is 14.7 Å². The molecule has 0 saturated carbocycles. The summed E-state index contributed by atoms with van der Waals surface area (Å²) in [5.41, 5.74) is 4.45. The van der Waals surface area contributed by atoms with E-state index in [0.717, 1.165) is 27.1 Å². The van der Waals surface area contributed by atoms with Crippen LogP contribution in [0.25, 0.3) is 11.1 Å². The minimum Gasteiger partial charge on any atom is -0.480 e. The SMILES string of the molecule is O=C(NC(Cc1sccc1Oc1ccccc1)C(=O)O)OCC1c2ccccc2-c2ccccc21. The number of aliphatic carboxylic acids is 1. The van der Waals surface area contributed by atoms with E-state index in [0.29, 0.717) is 11.5 Å². The van der Waals surface area contributed by atoms with Gasteiger partial charge in [0.15, 0.2) is 0 Å². The van der Waals surface area contributed by atoms with Crippen molar-refractivity contribution in [3.8, 4) is 22.6 Å². The number of nitrogens with one attached hydrogen (secondary N) is 1. The first-order chi connectivity index (χ1) is 17.1. The quantitative estimate of drug-likeness (QED) is 0.316. The average Bonchev–Trinajstić information content (AvgIpc) is 3.44. The van der Waals surface area contributed by atoms with Gasteiger partial charge in [0, 0.05) is 17.2 Å². The Morgan fingerprint density at radius 2 is 1.51 bits per heavy atom. The van der Waals surface area contributed by atoms with Crippen molar-refractivity contribution in [2.75, 3.05) is 6.61 Å². The topological polar surface area (TPSA) is 84.9 Å². The molecule has 35 heavy (non-hydrogen) atoms. The van der Waals surface area contributed by atoms with E-state index in [1.165, 1.54) is 11.3 Å². The van der Waals surface area contributed by atoms with Crippen LogP contribution in [0.15, 0.2) is 90.3 Å². The average molecular weight is 486 g/mol. The molecule has 1 unspecified atom stereocenters. The van der Waals surface area contributed by atoms with E-state index in [4.69, 9.17) is 9.47 Å². The van der Waals surface area contributed by atoms with Crippen LogP contribution in [0.4, 0.5) is 4.79 Å². The lowest BCUT2D eigenvalue weighted by Crippen LogP contribution is -2.42. The summed E-state index contributed by atoms with van der Waals surface area (Å²) in [7, 11) is 0. The predicted molar refractivity (Wildman–Crippen MR) is 134 cm³/mol. The summed E-state index contributed by atoms with van der Waals surface area (Å²) in [6.07, 6.45) is -0.680. The molecule has 0 aliphatic heterocycles. The van der Waals surface area contributed by atoms with Gasteiger partial charge in [-0.25, -0.2) is 9.59 Å². The van der Waals surface area contributed by atoms with Crippen LogP contribution in [0.1, 0.15) is 21.9 Å². The molecule has 1 aliphatic carbocycles. The summed E-state index contributed by atoms with van der Waals surface area (Å²) >= 11 is 1.38. The first-order valence-corrected chi connectivity index (χ1v) is 12.1. The summed E-state index contributed by atoms with van der Waals surface area (Å²) in [6.45, 7) is 0.119. The number of carbonyl (C=O) groups excluding carboxylic acids is 1. The summed E-state index contributed by atoms with van der Waals surface area (Å²) in [5.74, 6) is -0.0116. The molecule has 1 heterocycles. The molecule has 3 aromatic carbocycles. The minimum absolute atomic E-state index is 0.0827. The second-order valence-corrected chi connectivity index (χ2v) is 9.19. The Bertz CT molecular complexity index is 1300. The molecule has 4 aromatic rings. The fourth-order valence-corrected chi connectivity index (χ4v) is 5.20. The zero-order valence-electron chi connectivity index (χ0n) is 18.7. The molecule has 0 saturated heterocycles. The lowest BCUT2D eigenvalue weighted by molar-refractivity contribution is -0.139. The first kappa shape index (κ1) is 22.7. The molecule has 1 atom stereocenters. The summed E-state index contributed by atoms with van der Waals surface area (Å²) in [4.78, 5) is 25.3. The zero-order valence-corrected chi connectivity index (χ0v) is 19.5. The van der Waals surface area contributed by atoms with Crippen LogP contribution in [0, 0.1) is 0 Å². The number of hydrogen-bond acceptors (Lipinski definition) is 5. The van der Waals surface area contributed by atoms with Gasteiger partial charge in [-0.05, 0) is 45.8 Å². The number of carboxylic acid groups (broad SMARTS) is 1. The molecule has 0 spiro atoms. The Morgan fingerprint density at radius 3 is 2.17 bits per heavy atom. The van der Waals surface area contributed by atoms with E-state index in [2.05, 4.69) is 17.4 Å². The highest BCUT2D eigenvalue weighted by Gasteiger charge is 2.30. The smallest absolute Gasteiger partial charge is 0.407 e. The van der Waals surface area contributed by atoms with Crippen molar-refractivity contribution in [3.63, 3.8) is 0 Å². The predicted octanol–water partition coefficient (Wildman–Crippen LogP) is 6.07. The highest BCUT2D eigenvalue weighted by atomic mass is 32.1. The van der Waals surface area contributed by atoms with Gasteiger partial charge >= 0.3 is 12.1 Å². The number of amides is 1. The van der Waals surface area contributed by atoms with Crippen molar-refractivity contribution in [3.05, 3.63) is 106 Å². The van der Waals surface area contributed by atoms with Crippen molar-refractivity contribution in [1.82, 2.24) is 5.32 Å². The van der Waals surface area contributed by atoms with Crippen LogP contribution in [-0.2, 0) is 16.0 Å². The summed E-state index contributed by atoms with van der Waals surface area (Å²) in [5, 5.41) is 14.1. The number of carboxylic acids is 1. The van der Waals surface area contributed by atoms with Gasteiger partial charge in [0.25, 0.3) is 0 Å². The van der Waals surface area contributed by atoms with Crippen molar-refractivity contribution in [2.45, 2.75) is 18.4 Å². The second-order valence-electron chi connectivity index (χ2n) is 8.19. The van der Waals surface area contributed by atoms with E-state index in [1.54, 1.807) is 6.07 Å². The lowest BCUT2D eigenvalue weighted by Gasteiger charge is -2.17. The molecule has 5 rings (SSSR count). The third-order valence-electron chi connectivity index (χ3n) is 6.00. The van der Waals surface area contributed by atoms with Gasteiger partial charge in [0.05, 0.1) is 0 Å². The van der Waals surface area contributed by atoms with Crippen LogP contribution in [0.5, 0.6) is 11.5 Å². The maximum atomic E-state index is 12.6. The molecule has 6 nitrogen and oxygen atoms in total. The van der Waals surface area contributed by atoms with E-state index in [-0.39, 0.29) is 18.9 Å². The van der Waals surface area contributed by atoms with E-state index >= 15 is 0 Å². The largest absolute Gasteiger partial charge is 0.480 e. The molecule has 176 valence electrons. The molecule has 2 N–H and O–H groups in total. The summed E-state index contributed by atoms with van der Waals surface area (Å²) < 4.78 is 11.4. The first-order valence-electron chi connectivity index (χ1n) is 11.2. The van der Waals surface area contributed by atoms with Gasteiger partial charge in [-0.3, -0.25) is 0 Å². The zero-order chi connectivity index (χ0) is 24.2. The van der Waals surface area contributed by atoms with Crippen molar-refractivity contribution >= 4 is 23.4 Å². The van der Waals surface area contributed by atoms with Crippen LogP contribution in [0.3, 0.4) is 0 Å². The fraction of sp³-hybridized carbons (Fsp3) is 0.143. The van der Waals surface area contributed by atoms with Crippen molar-refractivity contribution < 1.29 is 24.2 Å². The van der Waals surface area contributed by atoms with Gasteiger partial charge in [0.1, 0.15) is 24.1 Å². The van der Waals surface area contributed by atoms with Crippen molar-refractivity contribution in [1.29, 1.82) is 0 Å². The molecule has 1 amide bonds. The van der Waals surface area contributed by atoms with Crippen LogP contribution < -0.4 is 10.1 Å². The number of carbonyl (C=O) groups is 2. The van der Waals surface area contributed by atoms with Gasteiger partial charge in [0.2, 0.25) is 0 Å². The molecule has 1 aromatic heterocycles. The Kier molecular flexibility index (Phi) is 6.50. The Morgan fingerprint density at radius 1 is 0.886 bits per heavy atom. The highest BCUT2D eigenvalue weighted by Crippen LogP contribution is 2.44. The number of hydrogen-bond donors (Lipinski definition) is 2. The maximum absolute atomic E-state index is 12.6. The third kappa shape index (κ3) is 4.90. The molecular weight excluding hydrogens is 462 g/mol. The highest BCUT2D eigenvalue weighted by molar-refractivity contribution is 7.10. The Balaban J connectivity index is 1.24. The van der Waals surface area contributed by atoms with Crippen LogP contribution in [-0.4, -0.2) is 29.8 Å². The molecule has 0 radical (unpaired) electrons. The number of alkyl carbamates (subject to hydrolysis) is 1. The lowest BCUT2D eigenvalue weighted by atomic mass is 9.98. The Hall–Kier alpha value is -4.10. The number of benzene rings is 3. The number of para-hydroxylation sites is 1. The normalized spacial score (nSPS) is 12.9. The molecule has 0 fully saturated rings. The number of ether oxygens (including phenoxy) is 2. The number of thiophene rings is 1. The standard InChI is InChI=1S/C28H23NO5S/c30-27(31)24(16-26-25(14-15-35-26)34-18-8-2-1-3-9-18)29-28(32)33-17-23-21-12-6-4-10-19(21)20-11-5-7-13-22(20)23/h1-15,23-24H,16-17H2,(H,29,32)(H,30,31). The Labute approximate surface area is 206 Å². The third-order valence-corrected chi connectivity index (χ3v) is 6.92. The monoisotopic (exact) mass is 485 g/mol. The second kappa shape index (κ2) is 10.0. The van der Waals surface area contributed by atoms with Gasteiger partial charge in [-0.15, -0.1) is 11.3 Å². The number of rotatable bonds is 8. The van der Waals surface area contributed by atoms with Gasteiger partial charge in [-0.1, -0.05) is 66.7 Å². The van der Waals surface area contributed by atoms with Crippen molar-refractivity contribution in [2.24, 2.45) is 0 Å². The van der Waals surface area contributed by atoms with Gasteiger partial charge in [-0.2, -0.15) is 0 Å². The minimum atomic E-state index is -1.15. The van der Waals surface area contributed by atoms with Crippen LogP contribution in [0.2, 0.25) is 0 Å². The van der Waals surface area contributed by atoms with Gasteiger partial charge < -0.3 is 19.9 Å².